The molecule has 1 aliphatic rings. The third-order valence-corrected chi connectivity index (χ3v) is 7.42. The Kier molecular flexibility index (Phi) is 5.54. The van der Waals surface area contributed by atoms with Gasteiger partial charge in [-0.1, -0.05) is 28.1 Å². The molecule has 1 aliphatic heterocycles. The van der Waals surface area contributed by atoms with Crippen molar-refractivity contribution < 1.29 is 4.39 Å². The van der Waals surface area contributed by atoms with Crippen molar-refractivity contribution in [2.45, 2.75) is 0 Å². The van der Waals surface area contributed by atoms with Crippen molar-refractivity contribution in [1.29, 1.82) is 0 Å². The highest BCUT2D eigenvalue weighted by atomic mass is 79.9. The van der Waals surface area contributed by atoms with E-state index in [-0.39, 0.29) is 5.82 Å². The first-order valence-corrected chi connectivity index (χ1v) is 12.1. The molecule has 152 valence electrons. The van der Waals surface area contributed by atoms with Crippen LogP contribution in [0.4, 0.5) is 14.7 Å². The van der Waals surface area contributed by atoms with Crippen LogP contribution in [0.15, 0.2) is 63.8 Å². The third-order valence-electron chi connectivity index (χ3n) is 5.08. The second-order valence-corrected chi connectivity index (χ2v) is 9.61. The van der Waals surface area contributed by atoms with Crippen molar-refractivity contribution in [3.8, 4) is 22.5 Å². The number of hydrogen-bond acceptors (Lipinski definition) is 6. The number of aromatic nitrogens is 2. The molecule has 4 nitrogen and oxygen atoms in total. The van der Waals surface area contributed by atoms with Crippen LogP contribution in [0.5, 0.6) is 0 Å². The highest BCUT2D eigenvalue weighted by molar-refractivity contribution is 9.10. The molecule has 4 aromatic rings. The van der Waals surface area contributed by atoms with Gasteiger partial charge < -0.3 is 9.80 Å². The normalized spacial score (nSPS) is 14.3. The molecule has 0 aliphatic carbocycles. The van der Waals surface area contributed by atoms with Crippen LogP contribution in [-0.2, 0) is 0 Å². The lowest BCUT2D eigenvalue weighted by Crippen LogP contribution is -2.46. The van der Waals surface area contributed by atoms with Crippen LogP contribution in [0, 0.1) is 5.82 Å². The quantitative estimate of drug-likeness (QED) is 0.335. The van der Waals surface area contributed by atoms with Gasteiger partial charge in [0.15, 0.2) is 10.3 Å². The Bertz CT molecular complexity index is 1040. The van der Waals surface area contributed by atoms with E-state index in [9.17, 15) is 4.39 Å². The maximum Gasteiger partial charge on any atom is 0.185 e. The summed E-state index contributed by atoms with van der Waals surface area (Å²) in [5, 5.41) is 6.25. The van der Waals surface area contributed by atoms with Crippen LogP contribution in [0.3, 0.4) is 0 Å². The Labute approximate surface area is 190 Å². The van der Waals surface area contributed by atoms with Crippen molar-refractivity contribution in [1.82, 2.24) is 9.97 Å². The van der Waals surface area contributed by atoms with Crippen LogP contribution in [0.2, 0.25) is 0 Å². The van der Waals surface area contributed by atoms with E-state index in [0.29, 0.717) is 0 Å². The summed E-state index contributed by atoms with van der Waals surface area (Å²) in [5.74, 6) is -0.226. The fourth-order valence-corrected chi connectivity index (χ4v) is 5.46. The molecule has 2 aromatic heterocycles. The van der Waals surface area contributed by atoms with Gasteiger partial charge >= 0.3 is 0 Å². The van der Waals surface area contributed by atoms with E-state index in [0.717, 1.165) is 63.4 Å². The van der Waals surface area contributed by atoms with Gasteiger partial charge in [-0.15, -0.1) is 22.7 Å². The molecule has 1 saturated heterocycles. The van der Waals surface area contributed by atoms with E-state index < -0.39 is 0 Å². The number of halogens is 2. The van der Waals surface area contributed by atoms with Crippen LogP contribution in [0.1, 0.15) is 0 Å². The highest BCUT2D eigenvalue weighted by Crippen LogP contribution is 2.31. The lowest BCUT2D eigenvalue weighted by molar-refractivity contribution is 0.628. The Morgan fingerprint density at radius 2 is 1.13 bits per heavy atom. The molecule has 5 rings (SSSR count). The summed E-state index contributed by atoms with van der Waals surface area (Å²) in [7, 11) is 0. The van der Waals surface area contributed by atoms with Crippen LogP contribution >= 0.6 is 38.6 Å². The Morgan fingerprint density at radius 1 is 0.700 bits per heavy atom. The zero-order valence-corrected chi connectivity index (χ0v) is 19.2. The Balaban J connectivity index is 1.24. The van der Waals surface area contributed by atoms with Gasteiger partial charge in [-0.3, -0.25) is 0 Å². The van der Waals surface area contributed by atoms with Crippen molar-refractivity contribution in [3.05, 3.63) is 69.6 Å². The second-order valence-electron chi connectivity index (χ2n) is 7.02. The van der Waals surface area contributed by atoms with Crippen molar-refractivity contribution >= 4 is 48.9 Å². The summed E-state index contributed by atoms with van der Waals surface area (Å²) in [6.45, 7) is 3.64. The van der Waals surface area contributed by atoms with Gasteiger partial charge in [0.05, 0.1) is 11.4 Å². The summed E-state index contributed by atoms with van der Waals surface area (Å²) in [6.07, 6.45) is 0. The number of anilines is 2. The predicted octanol–water partition coefficient (Wildman–Crippen LogP) is 6.16. The summed E-state index contributed by atoms with van der Waals surface area (Å²) in [6, 6.07) is 14.8. The third kappa shape index (κ3) is 4.12. The Hall–Kier alpha value is -2.29. The largest absolute Gasteiger partial charge is 0.345 e. The molecule has 3 heterocycles. The molecule has 30 heavy (non-hydrogen) atoms. The molecule has 0 bridgehead atoms. The summed E-state index contributed by atoms with van der Waals surface area (Å²) in [5.41, 5.74) is 4.00. The van der Waals surface area contributed by atoms with Gasteiger partial charge in [0, 0.05) is 52.5 Å². The van der Waals surface area contributed by atoms with E-state index in [2.05, 4.69) is 43.2 Å². The average Bonchev–Trinajstić information content (AvgIpc) is 3.45. The van der Waals surface area contributed by atoms with E-state index in [1.165, 1.54) is 12.1 Å². The molecule has 0 N–H and O–H groups in total. The lowest BCUT2D eigenvalue weighted by Gasteiger charge is -2.34. The van der Waals surface area contributed by atoms with Crippen molar-refractivity contribution in [2.75, 3.05) is 36.0 Å². The van der Waals surface area contributed by atoms with E-state index in [4.69, 9.17) is 9.97 Å². The molecular formula is C22H18BrFN4S2. The molecule has 0 spiro atoms. The van der Waals surface area contributed by atoms with Crippen LogP contribution in [-0.4, -0.2) is 36.1 Å². The lowest BCUT2D eigenvalue weighted by atomic mass is 10.2. The minimum atomic E-state index is -0.226. The number of thiazole rings is 2. The maximum absolute atomic E-state index is 13.2. The van der Waals surface area contributed by atoms with Crippen molar-refractivity contribution in [3.63, 3.8) is 0 Å². The first kappa shape index (κ1) is 19.7. The molecule has 0 radical (unpaired) electrons. The van der Waals surface area contributed by atoms with Crippen LogP contribution in [0.25, 0.3) is 22.5 Å². The van der Waals surface area contributed by atoms with E-state index in [1.807, 2.05) is 17.5 Å². The average molecular weight is 501 g/mol. The molecule has 0 atom stereocenters. The number of rotatable bonds is 4. The number of hydrogen-bond donors (Lipinski definition) is 0. The minimum absolute atomic E-state index is 0.226. The van der Waals surface area contributed by atoms with E-state index >= 15 is 0 Å². The number of benzene rings is 2. The highest BCUT2D eigenvalue weighted by Gasteiger charge is 2.22. The molecule has 0 saturated carbocycles. The predicted molar refractivity (Wildman–Crippen MR) is 127 cm³/mol. The monoisotopic (exact) mass is 500 g/mol. The molecule has 8 heteroatoms. The van der Waals surface area contributed by atoms with Gasteiger partial charge in [-0.25, -0.2) is 14.4 Å². The first-order valence-electron chi connectivity index (χ1n) is 9.58. The zero-order chi connectivity index (χ0) is 20.5. The van der Waals surface area contributed by atoms with Crippen LogP contribution < -0.4 is 9.80 Å². The maximum atomic E-state index is 13.2. The molecule has 0 amide bonds. The van der Waals surface area contributed by atoms with Gasteiger partial charge in [-0.2, -0.15) is 0 Å². The summed E-state index contributed by atoms with van der Waals surface area (Å²) < 4.78 is 14.2. The minimum Gasteiger partial charge on any atom is -0.345 e. The Morgan fingerprint density at radius 3 is 1.60 bits per heavy atom. The van der Waals surface area contributed by atoms with Gasteiger partial charge in [0.1, 0.15) is 5.82 Å². The summed E-state index contributed by atoms with van der Waals surface area (Å²) in [4.78, 5) is 14.3. The number of nitrogens with zero attached hydrogens (tertiary/aromatic N) is 4. The fourth-order valence-electron chi connectivity index (χ4n) is 3.41. The second kappa shape index (κ2) is 8.45. The topological polar surface area (TPSA) is 32.3 Å². The fraction of sp³-hybridized carbons (Fsp3) is 0.182. The van der Waals surface area contributed by atoms with Crippen molar-refractivity contribution in [2.24, 2.45) is 0 Å². The van der Waals surface area contributed by atoms with Gasteiger partial charge in [0.2, 0.25) is 0 Å². The van der Waals surface area contributed by atoms with Gasteiger partial charge in [0.25, 0.3) is 0 Å². The van der Waals surface area contributed by atoms with Gasteiger partial charge in [-0.05, 0) is 36.4 Å². The molecule has 2 aromatic carbocycles. The smallest absolute Gasteiger partial charge is 0.185 e. The molecular weight excluding hydrogens is 483 g/mol. The zero-order valence-electron chi connectivity index (χ0n) is 16.0. The van der Waals surface area contributed by atoms with E-state index in [1.54, 1.807) is 34.8 Å². The molecule has 1 fully saturated rings. The standard InChI is InChI=1S/C22H18BrFN4S2/c23-17-5-1-15(2-6-17)19-13-29-21(25-19)27-9-11-28(12-10-27)22-26-20(14-30-22)16-3-7-18(24)8-4-16/h1-8,13-14H,9-12H2. The number of piperazine rings is 1. The SMILES string of the molecule is Fc1ccc(-c2csc(N3CCN(c4nc(-c5ccc(Br)cc5)cs4)CC3)n2)cc1. The molecule has 0 unspecified atom stereocenters. The first-order chi connectivity index (χ1) is 14.7. The summed E-state index contributed by atoms with van der Waals surface area (Å²) >= 11 is 6.81.